The number of aryl methyl sites for hydroxylation is 1. The Hall–Kier alpha value is -0.677. The van der Waals surface area contributed by atoms with Gasteiger partial charge in [-0.05, 0) is 12.6 Å². The molecule has 2 rings (SSSR count). The molecule has 0 saturated carbocycles. The van der Waals surface area contributed by atoms with Gasteiger partial charge in [-0.2, -0.15) is 13.2 Å². The van der Waals surface area contributed by atoms with E-state index in [4.69, 9.17) is 9.69 Å². The van der Waals surface area contributed by atoms with Crippen LogP contribution in [0.1, 0.15) is 5.56 Å². The van der Waals surface area contributed by atoms with Gasteiger partial charge in [0.15, 0.2) is 0 Å². The van der Waals surface area contributed by atoms with Crippen molar-refractivity contribution < 1.29 is 30.5 Å². The molecule has 2 aromatic rings. The molecule has 16 heavy (non-hydrogen) atoms. The van der Waals surface area contributed by atoms with Crippen LogP contribution in [0.4, 0.5) is 13.2 Å². The molecule has 0 fully saturated rings. The van der Waals surface area contributed by atoms with Gasteiger partial charge in [-0.15, -0.1) is 0 Å². The van der Waals surface area contributed by atoms with Crippen LogP contribution in [0.5, 0.6) is 0 Å². The molecule has 0 atom stereocenters. The Morgan fingerprint density at radius 1 is 1.44 bits per heavy atom. The molecule has 0 aliphatic rings. The predicted molar refractivity (Wildman–Crippen MR) is 48.2 cm³/mol. The van der Waals surface area contributed by atoms with Crippen molar-refractivity contribution in [1.29, 1.82) is 0 Å². The third kappa shape index (κ3) is 2.71. The number of pyridine rings is 1. The molecule has 0 radical (unpaired) electrons. The zero-order chi connectivity index (χ0) is 12.3. The third-order valence-corrected chi connectivity index (χ3v) is 1.81. The van der Waals surface area contributed by atoms with E-state index in [2.05, 4.69) is 16.3 Å². The monoisotopic (exact) mass is 299 g/mol. The van der Waals surface area contributed by atoms with E-state index >= 15 is 0 Å². The van der Waals surface area contributed by atoms with Gasteiger partial charge in [-0.3, -0.25) is 0 Å². The molecule has 8 heteroatoms. The molecule has 0 aliphatic carbocycles. The molecular weight excluding hydrogens is 296 g/mol. The van der Waals surface area contributed by atoms with Crippen LogP contribution in [-0.4, -0.2) is 14.5 Å². The number of fused-ring (bicyclic) bond motifs is 1. The van der Waals surface area contributed by atoms with Crippen molar-refractivity contribution in [3.05, 3.63) is 24.2 Å². The van der Waals surface area contributed by atoms with Gasteiger partial charge in [-0.25, -0.2) is 0 Å². The minimum absolute atomic E-state index is 0.197. The molecule has 2 heterocycles. The number of hydrogen-bond acceptors (Lipinski definition) is 2. The van der Waals surface area contributed by atoms with Crippen LogP contribution in [0.3, 0.4) is 0 Å². The third-order valence-electron chi connectivity index (χ3n) is 1.81. The normalized spacial score (nSPS) is 11.2. The summed E-state index contributed by atoms with van der Waals surface area (Å²) in [5.41, 5.74) is -0.211. The molecule has 0 aromatic carbocycles. The Balaban J connectivity index is 0.000000606. The predicted octanol–water partition coefficient (Wildman–Crippen LogP) is 2.47. The molecule has 0 N–H and O–H groups in total. The van der Waals surface area contributed by atoms with E-state index in [-0.39, 0.29) is 5.52 Å². The molecule has 2 aromatic heterocycles. The molecule has 0 bridgehead atoms. The molecule has 82 valence electrons. The Morgan fingerprint density at radius 3 is 2.62 bits per heavy atom. The Kier molecular flexibility index (Phi) is 4.27. The van der Waals surface area contributed by atoms with Crippen LogP contribution in [0, 0.1) is 6.33 Å². The second kappa shape index (κ2) is 5.10. The summed E-state index contributed by atoms with van der Waals surface area (Å²) in [6.07, 6.45) is -1.09. The van der Waals surface area contributed by atoms with Gasteiger partial charge >= 0.3 is 33.2 Å². The van der Waals surface area contributed by atoms with Gasteiger partial charge in [0.2, 0.25) is 0 Å². The maximum atomic E-state index is 12.2. The first-order valence-electron chi connectivity index (χ1n) is 4.02. The number of aromatic nitrogens is 3. The molecule has 0 unspecified atom stereocenters. The van der Waals surface area contributed by atoms with E-state index in [1.54, 1.807) is 7.05 Å². The zero-order valence-corrected chi connectivity index (χ0v) is 11.9. The van der Waals surface area contributed by atoms with Crippen LogP contribution >= 0.6 is 9.69 Å². The topological polar surface area (TPSA) is 30.7 Å². The van der Waals surface area contributed by atoms with Gasteiger partial charge in [-0.1, -0.05) is 6.07 Å². The van der Waals surface area contributed by atoms with Crippen LogP contribution in [-0.2, 0) is 30.5 Å². The molecule has 3 nitrogen and oxygen atoms in total. The second-order valence-electron chi connectivity index (χ2n) is 2.84. The number of rotatable bonds is 0. The fourth-order valence-corrected chi connectivity index (χ4v) is 1.12. The molecule has 0 amide bonds. The van der Waals surface area contributed by atoms with Gasteiger partial charge in [0, 0.05) is 18.2 Å². The van der Waals surface area contributed by atoms with E-state index in [0.29, 0.717) is 5.65 Å². The van der Waals surface area contributed by atoms with E-state index < -0.39 is 11.7 Å². The van der Waals surface area contributed by atoms with Crippen molar-refractivity contribution in [3.63, 3.8) is 0 Å². The Labute approximate surface area is 103 Å². The average molecular weight is 301 g/mol. The average Bonchev–Trinajstić information content (AvgIpc) is 2.62. The number of halogens is 4. The first-order valence-corrected chi connectivity index (χ1v) is 7.92. The summed E-state index contributed by atoms with van der Waals surface area (Å²) in [4.78, 5) is 7.32. The summed E-state index contributed by atoms with van der Waals surface area (Å²) >= 11 is 0.847. The van der Waals surface area contributed by atoms with E-state index in [1.165, 1.54) is 4.57 Å². The van der Waals surface area contributed by atoms with Crippen LogP contribution in [0.25, 0.3) is 11.2 Å². The van der Waals surface area contributed by atoms with Crippen molar-refractivity contribution in [3.8, 4) is 0 Å². The van der Waals surface area contributed by atoms with Crippen LogP contribution in [0.15, 0.2) is 12.3 Å². The number of nitrogens with zero attached hydrogens (tertiary/aromatic N) is 3. The summed E-state index contributed by atoms with van der Waals surface area (Å²) in [7, 11) is 6.38. The first-order chi connectivity index (χ1) is 7.48. The SMILES string of the molecule is Cn1[c-]nc2cc(C(F)(F)F)cnc21.[Cl][Zn+]. The molecule has 0 saturated heterocycles. The summed E-state index contributed by atoms with van der Waals surface area (Å²) < 4.78 is 38.2. The van der Waals surface area contributed by atoms with Crippen LogP contribution in [0.2, 0.25) is 0 Å². The van der Waals surface area contributed by atoms with E-state index in [1.807, 2.05) is 0 Å². The molecule has 0 spiro atoms. The number of alkyl halides is 3. The second-order valence-corrected chi connectivity index (χ2v) is 2.84. The zero-order valence-electron chi connectivity index (χ0n) is 8.22. The fraction of sp³-hybridized carbons (Fsp3) is 0.250. The molecule has 0 aliphatic heterocycles. The van der Waals surface area contributed by atoms with Crippen LogP contribution < -0.4 is 0 Å². The van der Waals surface area contributed by atoms with Gasteiger partial charge in [0.25, 0.3) is 0 Å². The standard InChI is InChI=1S/C8H5F3N3.ClH.Zn/c1-14-4-13-6-2-5(8(9,10)11)3-12-7(6)14;;/h2-3H,1H3;1H;/q-1;;+2/p-1. The summed E-state index contributed by atoms with van der Waals surface area (Å²) in [6.45, 7) is 0. The van der Waals surface area contributed by atoms with Crippen molar-refractivity contribution in [2.45, 2.75) is 6.18 Å². The van der Waals surface area contributed by atoms with Crippen molar-refractivity contribution in [2.75, 3.05) is 0 Å². The number of imidazole rings is 1. The molecular formula is C8H5ClF3N3Zn. The van der Waals surface area contributed by atoms with Gasteiger partial charge in [0.05, 0.1) is 5.56 Å². The van der Waals surface area contributed by atoms with Gasteiger partial charge in [0.1, 0.15) is 0 Å². The first kappa shape index (κ1) is 13.4. The van der Waals surface area contributed by atoms with E-state index in [0.717, 1.165) is 29.6 Å². The van der Waals surface area contributed by atoms with Crippen molar-refractivity contribution in [2.24, 2.45) is 7.05 Å². The van der Waals surface area contributed by atoms with Crippen molar-refractivity contribution >= 4 is 20.9 Å². The summed E-state index contributed by atoms with van der Waals surface area (Å²) in [6, 6.07) is 0.957. The van der Waals surface area contributed by atoms with E-state index in [9.17, 15) is 13.2 Å². The van der Waals surface area contributed by atoms with Gasteiger partial charge < -0.3 is 14.5 Å². The minimum atomic E-state index is -4.38. The summed E-state index contributed by atoms with van der Waals surface area (Å²) in [5, 5.41) is 0. The summed E-state index contributed by atoms with van der Waals surface area (Å²) in [5.74, 6) is 0. The number of hydrogen-bond donors (Lipinski definition) is 0. The maximum absolute atomic E-state index is 12.2. The Morgan fingerprint density at radius 2 is 2.06 bits per heavy atom. The van der Waals surface area contributed by atoms with Crippen molar-refractivity contribution in [1.82, 2.24) is 14.5 Å². The quantitative estimate of drug-likeness (QED) is 0.553. The Bertz CT molecular complexity index is 483. The fourth-order valence-electron chi connectivity index (χ4n) is 1.12.